The van der Waals surface area contributed by atoms with E-state index in [1.54, 1.807) is 7.11 Å². The van der Waals surface area contributed by atoms with E-state index in [-0.39, 0.29) is 5.41 Å². The number of nitrogens with one attached hydrogen (secondary N) is 1. The second-order valence-electron chi connectivity index (χ2n) is 4.92. The molecule has 0 bridgehead atoms. The molecule has 1 rings (SSSR count). The third-order valence-electron chi connectivity index (χ3n) is 3.16. The Balaban J connectivity index is 2.94. The van der Waals surface area contributed by atoms with Gasteiger partial charge in [-0.1, -0.05) is 19.9 Å². The van der Waals surface area contributed by atoms with E-state index in [0.29, 0.717) is 0 Å². The molecule has 0 aliphatic heterocycles. The number of rotatable bonds is 5. The van der Waals surface area contributed by atoms with Crippen LogP contribution in [0.15, 0.2) is 18.2 Å². The molecule has 1 aromatic carbocycles. The standard InChI is InChI=1S/C14H23NO/c1-11-10-12(16-5)6-7-13(11)14(2,3)8-9-15-4/h6-7,10,15H,8-9H2,1-5H3. The summed E-state index contributed by atoms with van der Waals surface area (Å²) in [7, 11) is 3.71. The Bertz CT molecular complexity index is 345. The average Bonchev–Trinajstić information content (AvgIpc) is 2.25. The first-order chi connectivity index (χ1) is 7.51. The van der Waals surface area contributed by atoms with E-state index < -0.39 is 0 Å². The van der Waals surface area contributed by atoms with Crippen LogP contribution < -0.4 is 10.1 Å². The van der Waals surface area contributed by atoms with Crippen LogP contribution in [0.3, 0.4) is 0 Å². The van der Waals surface area contributed by atoms with Crippen molar-refractivity contribution >= 4 is 0 Å². The molecule has 0 saturated carbocycles. The van der Waals surface area contributed by atoms with E-state index in [9.17, 15) is 0 Å². The smallest absolute Gasteiger partial charge is 0.119 e. The summed E-state index contributed by atoms with van der Waals surface area (Å²) < 4.78 is 5.23. The molecule has 0 spiro atoms. The van der Waals surface area contributed by atoms with E-state index >= 15 is 0 Å². The van der Waals surface area contributed by atoms with Crippen LogP contribution in [0.5, 0.6) is 5.75 Å². The first kappa shape index (κ1) is 13.0. The highest BCUT2D eigenvalue weighted by molar-refractivity contribution is 5.38. The molecule has 2 heteroatoms. The van der Waals surface area contributed by atoms with Gasteiger partial charge in [0, 0.05) is 0 Å². The van der Waals surface area contributed by atoms with Gasteiger partial charge in [0.25, 0.3) is 0 Å². The molecule has 1 aromatic rings. The fourth-order valence-electron chi connectivity index (χ4n) is 2.09. The molecule has 90 valence electrons. The second kappa shape index (κ2) is 5.35. The summed E-state index contributed by atoms with van der Waals surface area (Å²) >= 11 is 0. The molecular formula is C14H23NO. The SMILES string of the molecule is CNCCC(C)(C)c1ccc(OC)cc1C. The zero-order chi connectivity index (χ0) is 12.2. The average molecular weight is 221 g/mol. The van der Waals surface area contributed by atoms with E-state index in [4.69, 9.17) is 4.74 Å². The van der Waals surface area contributed by atoms with E-state index in [0.717, 1.165) is 18.7 Å². The maximum absolute atomic E-state index is 5.23. The molecular weight excluding hydrogens is 198 g/mol. The Morgan fingerprint density at radius 2 is 2.00 bits per heavy atom. The summed E-state index contributed by atoms with van der Waals surface area (Å²) in [5, 5.41) is 3.21. The van der Waals surface area contributed by atoms with Crippen LogP contribution in [-0.2, 0) is 5.41 Å². The summed E-state index contributed by atoms with van der Waals surface area (Å²) in [5.41, 5.74) is 2.92. The molecule has 0 saturated heterocycles. The fourth-order valence-corrected chi connectivity index (χ4v) is 2.09. The van der Waals surface area contributed by atoms with Gasteiger partial charge in [-0.25, -0.2) is 0 Å². The molecule has 0 unspecified atom stereocenters. The molecule has 0 aliphatic carbocycles. The summed E-state index contributed by atoms with van der Waals surface area (Å²) in [5.74, 6) is 0.936. The molecule has 16 heavy (non-hydrogen) atoms. The summed E-state index contributed by atoms with van der Waals surface area (Å²) in [6.07, 6.45) is 1.14. The van der Waals surface area contributed by atoms with Gasteiger partial charge in [0.1, 0.15) is 5.75 Å². The van der Waals surface area contributed by atoms with Gasteiger partial charge in [-0.15, -0.1) is 0 Å². The highest BCUT2D eigenvalue weighted by Crippen LogP contribution is 2.31. The molecule has 0 heterocycles. The third kappa shape index (κ3) is 2.99. The predicted molar refractivity (Wildman–Crippen MR) is 69.3 cm³/mol. The number of aryl methyl sites for hydroxylation is 1. The van der Waals surface area contributed by atoms with E-state index in [1.165, 1.54) is 11.1 Å². The quantitative estimate of drug-likeness (QED) is 0.825. The molecule has 1 N–H and O–H groups in total. The molecule has 0 aliphatic rings. The van der Waals surface area contributed by atoms with Crippen molar-refractivity contribution in [2.24, 2.45) is 0 Å². The molecule has 0 fully saturated rings. The van der Waals surface area contributed by atoms with Gasteiger partial charge in [0.2, 0.25) is 0 Å². The molecule has 0 aromatic heterocycles. The number of methoxy groups -OCH3 is 1. The zero-order valence-electron chi connectivity index (χ0n) is 11.1. The van der Waals surface area contributed by atoms with Crippen LogP contribution in [0.2, 0.25) is 0 Å². The number of benzene rings is 1. The largest absolute Gasteiger partial charge is 0.497 e. The Morgan fingerprint density at radius 3 is 2.50 bits per heavy atom. The molecule has 2 nitrogen and oxygen atoms in total. The van der Waals surface area contributed by atoms with Crippen LogP contribution >= 0.6 is 0 Å². The summed E-state index contributed by atoms with van der Waals surface area (Å²) in [4.78, 5) is 0. The van der Waals surface area contributed by atoms with Gasteiger partial charge in [0.15, 0.2) is 0 Å². The number of hydrogen-bond acceptors (Lipinski definition) is 2. The van der Waals surface area contributed by atoms with Gasteiger partial charge in [-0.3, -0.25) is 0 Å². The minimum Gasteiger partial charge on any atom is -0.497 e. The van der Waals surface area contributed by atoms with Crippen molar-refractivity contribution in [1.82, 2.24) is 5.32 Å². The van der Waals surface area contributed by atoms with Crippen molar-refractivity contribution in [3.63, 3.8) is 0 Å². The van der Waals surface area contributed by atoms with Crippen molar-refractivity contribution < 1.29 is 4.74 Å². The van der Waals surface area contributed by atoms with Crippen LogP contribution in [-0.4, -0.2) is 20.7 Å². The zero-order valence-corrected chi connectivity index (χ0v) is 11.1. The van der Waals surface area contributed by atoms with Crippen molar-refractivity contribution in [2.45, 2.75) is 32.6 Å². The predicted octanol–water partition coefficient (Wildman–Crippen LogP) is 2.89. The second-order valence-corrected chi connectivity index (χ2v) is 4.92. The maximum atomic E-state index is 5.23. The van der Waals surface area contributed by atoms with E-state index in [1.807, 2.05) is 13.1 Å². The highest BCUT2D eigenvalue weighted by atomic mass is 16.5. The minimum atomic E-state index is 0.208. The van der Waals surface area contributed by atoms with Crippen LogP contribution in [0, 0.1) is 6.92 Å². The lowest BCUT2D eigenvalue weighted by Gasteiger charge is -2.27. The Morgan fingerprint density at radius 1 is 1.31 bits per heavy atom. The highest BCUT2D eigenvalue weighted by Gasteiger charge is 2.21. The first-order valence-electron chi connectivity index (χ1n) is 5.81. The van der Waals surface area contributed by atoms with Crippen molar-refractivity contribution in [3.8, 4) is 5.75 Å². The lowest BCUT2D eigenvalue weighted by Crippen LogP contribution is -2.24. The van der Waals surface area contributed by atoms with Crippen molar-refractivity contribution in [1.29, 1.82) is 0 Å². The maximum Gasteiger partial charge on any atom is 0.119 e. The lowest BCUT2D eigenvalue weighted by molar-refractivity contribution is 0.412. The number of ether oxygens (including phenoxy) is 1. The van der Waals surface area contributed by atoms with Gasteiger partial charge < -0.3 is 10.1 Å². The monoisotopic (exact) mass is 221 g/mol. The van der Waals surface area contributed by atoms with Gasteiger partial charge in [-0.05, 0) is 55.6 Å². The third-order valence-corrected chi connectivity index (χ3v) is 3.16. The molecule has 0 radical (unpaired) electrons. The van der Waals surface area contributed by atoms with E-state index in [2.05, 4.69) is 38.2 Å². The Hall–Kier alpha value is -1.02. The summed E-state index contributed by atoms with van der Waals surface area (Å²) in [6, 6.07) is 6.34. The van der Waals surface area contributed by atoms with Gasteiger partial charge in [-0.2, -0.15) is 0 Å². The Labute approximate surface area is 99.0 Å². The van der Waals surface area contributed by atoms with Crippen LogP contribution in [0.25, 0.3) is 0 Å². The van der Waals surface area contributed by atoms with Crippen molar-refractivity contribution in [2.75, 3.05) is 20.7 Å². The molecule has 0 amide bonds. The topological polar surface area (TPSA) is 21.3 Å². The van der Waals surface area contributed by atoms with Crippen LogP contribution in [0.1, 0.15) is 31.4 Å². The van der Waals surface area contributed by atoms with Crippen molar-refractivity contribution in [3.05, 3.63) is 29.3 Å². The number of hydrogen-bond donors (Lipinski definition) is 1. The van der Waals surface area contributed by atoms with Gasteiger partial charge in [0.05, 0.1) is 7.11 Å². The summed E-state index contributed by atoms with van der Waals surface area (Å²) in [6.45, 7) is 7.77. The Kier molecular flexibility index (Phi) is 4.36. The minimum absolute atomic E-state index is 0.208. The normalized spacial score (nSPS) is 11.6. The fraction of sp³-hybridized carbons (Fsp3) is 0.571. The van der Waals surface area contributed by atoms with Gasteiger partial charge >= 0.3 is 0 Å². The van der Waals surface area contributed by atoms with Crippen LogP contribution in [0.4, 0.5) is 0 Å². The lowest BCUT2D eigenvalue weighted by atomic mass is 9.79. The molecule has 0 atom stereocenters. The first-order valence-corrected chi connectivity index (χ1v) is 5.81.